The van der Waals surface area contributed by atoms with Gasteiger partial charge >= 0.3 is 0 Å². The van der Waals surface area contributed by atoms with Gasteiger partial charge in [-0.05, 0) is 49.1 Å². The van der Waals surface area contributed by atoms with Crippen molar-refractivity contribution in [3.63, 3.8) is 0 Å². The van der Waals surface area contributed by atoms with E-state index in [-0.39, 0.29) is 17.7 Å². The molecular weight excluding hydrogens is 332 g/mol. The highest BCUT2D eigenvalue weighted by molar-refractivity contribution is 5.91. The SMILES string of the molecule is COc1ccc(CCNC(=O)C2CCN(C(=O)c3ccco3)CC2)cc1. The van der Waals surface area contributed by atoms with Crippen molar-refractivity contribution >= 4 is 11.8 Å². The Balaban J connectivity index is 1.40. The molecule has 0 radical (unpaired) electrons. The molecule has 6 nitrogen and oxygen atoms in total. The molecule has 3 rings (SSSR count). The van der Waals surface area contributed by atoms with Crippen LogP contribution in [0.5, 0.6) is 5.75 Å². The molecule has 138 valence electrons. The first-order valence-corrected chi connectivity index (χ1v) is 8.91. The first-order valence-electron chi connectivity index (χ1n) is 8.91. The van der Waals surface area contributed by atoms with Gasteiger partial charge < -0.3 is 19.4 Å². The van der Waals surface area contributed by atoms with Crippen molar-refractivity contribution in [3.05, 3.63) is 54.0 Å². The Bertz CT molecular complexity index is 717. The van der Waals surface area contributed by atoms with E-state index in [1.807, 2.05) is 24.3 Å². The van der Waals surface area contributed by atoms with Crippen LogP contribution in [-0.2, 0) is 11.2 Å². The Kier molecular flexibility index (Phi) is 5.94. The Morgan fingerprint density at radius 3 is 2.54 bits per heavy atom. The van der Waals surface area contributed by atoms with Gasteiger partial charge in [0.2, 0.25) is 5.91 Å². The number of likely N-dealkylation sites (tertiary alicyclic amines) is 1. The summed E-state index contributed by atoms with van der Waals surface area (Å²) in [5.41, 5.74) is 1.16. The van der Waals surface area contributed by atoms with Crippen LogP contribution in [0.1, 0.15) is 29.0 Å². The monoisotopic (exact) mass is 356 g/mol. The Hall–Kier alpha value is -2.76. The molecule has 1 aromatic carbocycles. The van der Waals surface area contributed by atoms with Crippen molar-refractivity contribution in [1.29, 1.82) is 0 Å². The first-order chi connectivity index (χ1) is 12.7. The molecule has 0 aliphatic carbocycles. The lowest BCUT2D eigenvalue weighted by Crippen LogP contribution is -2.43. The molecular formula is C20H24N2O4. The number of nitrogens with zero attached hydrogens (tertiary/aromatic N) is 1. The van der Waals surface area contributed by atoms with Gasteiger partial charge in [0.05, 0.1) is 13.4 Å². The smallest absolute Gasteiger partial charge is 0.289 e. The fourth-order valence-electron chi connectivity index (χ4n) is 3.17. The van der Waals surface area contributed by atoms with Gasteiger partial charge in [-0.25, -0.2) is 0 Å². The number of hydrogen-bond donors (Lipinski definition) is 1. The van der Waals surface area contributed by atoms with Crippen LogP contribution in [0.4, 0.5) is 0 Å². The molecule has 2 heterocycles. The van der Waals surface area contributed by atoms with Crippen molar-refractivity contribution in [1.82, 2.24) is 10.2 Å². The zero-order chi connectivity index (χ0) is 18.4. The lowest BCUT2D eigenvalue weighted by Gasteiger charge is -2.30. The van der Waals surface area contributed by atoms with E-state index in [1.54, 1.807) is 24.1 Å². The lowest BCUT2D eigenvalue weighted by atomic mass is 9.95. The summed E-state index contributed by atoms with van der Waals surface area (Å²) >= 11 is 0. The number of amides is 2. The highest BCUT2D eigenvalue weighted by Crippen LogP contribution is 2.19. The second-order valence-electron chi connectivity index (χ2n) is 6.43. The molecule has 1 aliphatic rings. The molecule has 0 atom stereocenters. The van der Waals surface area contributed by atoms with Crippen LogP contribution in [0, 0.1) is 5.92 Å². The van der Waals surface area contributed by atoms with Crippen LogP contribution < -0.4 is 10.1 Å². The largest absolute Gasteiger partial charge is 0.497 e. The molecule has 2 aromatic rings. The number of methoxy groups -OCH3 is 1. The van der Waals surface area contributed by atoms with Gasteiger partial charge in [-0.15, -0.1) is 0 Å². The van der Waals surface area contributed by atoms with E-state index in [0.29, 0.717) is 38.2 Å². The number of nitrogens with one attached hydrogen (secondary N) is 1. The van der Waals surface area contributed by atoms with Crippen LogP contribution in [0.2, 0.25) is 0 Å². The van der Waals surface area contributed by atoms with Gasteiger partial charge in [-0.2, -0.15) is 0 Å². The van der Waals surface area contributed by atoms with Crippen molar-refractivity contribution in [3.8, 4) is 5.75 Å². The molecule has 26 heavy (non-hydrogen) atoms. The molecule has 0 unspecified atom stereocenters. The summed E-state index contributed by atoms with van der Waals surface area (Å²) in [7, 11) is 1.64. The fraction of sp³-hybridized carbons (Fsp3) is 0.400. The van der Waals surface area contributed by atoms with E-state index in [2.05, 4.69) is 5.32 Å². The van der Waals surface area contributed by atoms with Crippen LogP contribution in [0.3, 0.4) is 0 Å². The summed E-state index contributed by atoms with van der Waals surface area (Å²) in [6, 6.07) is 11.2. The molecule has 2 amide bonds. The molecule has 1 aliphatic heterocycles. The number of piperidine rings is 1. The van der Waals surface area contributed by atoms with Gasteiger partial charge in [0.1, 0.15) is 5.75 Å². The minimum absolute atomic E-state index is 0.0356. The molecule has 0 saturated carbocycles. The number of rotatable bonds is 6. The maximum atomic E-state index is 12.3. The summed E-state index contributed by atoms with van der Waals surface area (Å²) in [6.45, 7) is 1.77. The molecule has 0 bridgehead atoms. The van der Waals surface area contributed by atoms with Crippen molar-refractivity contribution < 1.29 is 18.7 Å². The summed E-state index contributed by atoms with van der Waals surface area (Å²) in [5, 5.41) is 3.01. The second kappa shape index (κ2) is 8.56. The standard InChI is InChI=1S/C20H24N2O4/c1-25-17-6-4-15(5-7-17)8-11-21-19(23)16-9-12-22(13-10-16)20(24)18-3-2-14-26-18/h2-7,14,16H,8-13H2,1H3,(H,21,23). The minimum atomic E-state index is -0.103. The predicted molar refractivity (Wildman–Crippen MR) is 97.0 cm³/mol. The third-order valence-corrected chi connectivity index (χ3v) is 4.76. The van der Waals surface area contributed by atoms with Crippen molar-refractivity contribution in [2.45, 2.75) is 19.3 Å². The van der Waals surface area contributed by atoms with Crippen LogP contribution in [-0.4, -0.2) is 43.5 Å². The van der Waals surface area contributed by atoms with Gasteiger partial charge in [0.15, 0.2) is 5.76 Å². The van der Waals surface area contributed by atoms with E-state index >= 15 is 0 Å². The molecule has 0 spiro atoms. The lowest BCUT2D eigenvalue weighted by molar-refractivity contribution is -0.126. The maximum Gasteiger partial charge on any atom is 0.289 e. The van der Waals surface area contributed by atoms with Crippen molar-refractivity contribution in [2.75, 3.05) is 26.7 Å². The number of hydrogen-bond acceptors (Lipinski definition) is 4. The number of carbonyl (C=O) groups is 2. The Labute approximate surface area is 153 Å². The van der Waals surface area contributed by atoms with Gasteiger partial charge in [0, 0.05) is 25.6 Å². The number of carbonyl (C=O) groups excluding carboxylic acids is 2. The van der Waals surface area contributed by atoms with Crippen LogP contribution in [0.25, 0.3) is 0 Å². The second-order valence-corrected chi connectivity index (χ2v) is 6.43. The third kappa shape index (κ3) is 4.45. The minimum Gasteiger partial charge on any atom is -0.497 e. The topological polar surface area (TPSA) is 71.8 Å². The van der Waals surface area contributed by atoms with Gasteiger partial charge in [0.25, 0.3) is 5.91 Å². The van der Waals surface area contributed by atoms with E-state index in [0.717, 1.165) is 17.7 Å². The summed E-state index contributed by atoms with van der Waals surface area (Å²) in [6.07, 6.45) is 3.64. The quantitative estimate of drug-likeness (QED) is 0.863. The molecule has 1 fully saturated rings. The zero-order valence-corrected chi connectivity index (χ0v) is 14.9. The van der Waals surface area contributed by atoms with Crippen LogP contribution in [0.15, 0.2) is 47.1 Å². The number of benzene rings is 1. The third-order valence-electron chi connectivity index (χ3n) is 4.76. The van der Waals surface area contributed by atoms with Gasteiger partial charge in [-0.1, -0.05) is 12.1 Å². The van der Waals surface area contributed by atoms with Crippen molar-refractivity contribution in [2.24, 2.45) is 5.92 Å². The molecule has 1 saturated heterocycles. The Morgan fingerprint density at radius 2 is 1.92 bits per heavy atom. The summed E-state index contributed by atoms with van der Waals surface area (Å²) in [4.78, 5) is 26.3. The normalized spacial score (nSPS) is 14.9. The number of furan rings is 1. The predicted octanol–water partition coefficient (Wildman–Crippen LogP) is 2.50. The summed E-state index contributed by atoms with van der Waals surface area (Å²) in [5.74, 6) is 1.12. The molecule has 6 heteroatoms. The average molecular weight is 356 g/mol. The van der Waals surface area contributed by atoms with Gasteiger partial charge in [-0.3, -0.25) is 9.59 Å². The zero-order valence-electron chi connectivity index (χ0n) is 14.9. The van der Waals surface area contributed by atoms with E-state index in [4.69, 9.17) is 9.15 Å². The number of ether oxygens (including phenoxy) is 1. The van der Waals surface area contributed by atoms with Crippen LogP contribution >= 0.6 is 0 Å². The highest BCUT2D eigenvalue weighted by Gasteiger charge is 2.28. The van der Waals surface area contributed by atoms with E-state index in [9.17, 15) is 9.59 Å². The Morgan fingerprint density at radius 1 is 1.19 bits per heavy atom. The molecule has 1 aromatic heterocycles. The molecule has 1 N–H and O–H groups in total. The first kappa shape index (κ1) is 18.0. The highest BCUT2D eigenvalue weighted by atomic mass is 16.5. The van der Waals surface area contributed by atoms with E-state index < -0.39 is 0 Å². The summed E-state index contributed by atoms with van der Waals surface area (Å²) < 4.78 is 10.3. The average Bonchev–Trinajstić information content (AvgIpc) is 3.23. The fourth-order valence-corrected chi connectivity index (χ4v) is 3.17. The van der Waals surface area contributed by atoms with E-state index in [1.165, 1.54) is 6.26 Å². The maximum absolute atomic E-state index is 12.3.